The number of nitrogens with zero attached hydrogens (tertiary/aromatic N) is 1. The monoisotopic (exact) mass is 173 g/mol. The second-order valence-electron chi connectivity index (χ2n) is 2.60. The van der Waals surface area contributed by atoms with Crippen LogP contribution in [0.3, 0.4) is 0 Å². The number of aryl methyl sites for hydroxylation is 2. The molecule has 0 spiro atoms. The van der Waals surface area contributed by atoms with E-state index in [1.54, 1.807) is 13.8 Å². The Kier molecular flexibility index (Phi) is 2.26. The number of alkyl halides is 2. The molecule has 0 radical (unpaired) electrons. The first kappa shape index (κ1) is 8.90. The SMILES string of the molecule is Cc1cc(O)c(C(F)F)nc1C. The highest BCUT2D eigenvalue weighted by Gasteiger charge is 2.15. The van der Waals surface area contributed by atoms with Gasteiger partial charge in [0.25, 0.3) is 6.43 Å². The Hall–Kier alpha value is -1.19. The van der Waals surface area contributed by atoms with Crippen molar-refractivity contribution in [2.24, 2.45) is 0 Å². The summed E-state index contributed by atoms with van der Waals surface area (Å²) in [5.41, 5.74) is 0.679. The van der Waals surface area contributed by atoms with E-state index in [9.17, 15) is 8.78 Å². The molecule has 0 bridgehead atoms. The molecule has 1 aromatic heterocycles. The Labute approximate surface area is 68.9 Å². The molecule has 1 heterocycles. The molecule has 1 rings (SSSR count). The average Bonchev–Trinajstić information content (AvgIpc) is 1.96. The van der Waals surface area contributed by atoms with Crippen molar-refractivity contribution in [3.63, 3.8) is 0 Å². The molecule has 1 aromatic rings. The summed E-state index contributed by atoms with van der Waals surface area (Å²) in [4.78, 5) is 3.57. The fourth-order valence-corrected chi connectivity index (χ4v) is 0.870. The van der Waals surface area contributed by atoms with E-state index in [4.69, 9.17) is 5.11 Å². The number of hydrogen-bond donors (Lipinski definition) is 1. The fraction of sp³-hybridized carbons (Fsp3) is 0.375. The lowest BCUT2D eigenvalue weighted by molar-refractivity contribution is 0.141. The van der Waals surface area contributed by atoms with E-state index in [2.05, 4.69) is 4.98 Å². The van der Waals surface area contributed by atoms with Crippen molar-refractivity contribution in [3.05, 3.63) is 23.0 Å². The molecule has 0 aliphatic rings. The average molecular weight is 173 g/mol. The van der Waals surface area contributed by atoms with Crippen LogP contribution in [0, 0.1) is 13.8 Å². The zero-order chi connectivity index (χ0) is 9.30. The van der Waals surface area contributed by atoms with Gasteiger partial charge < -0.3 is 5.11 Å². The molecule has 12 heavy (non-hydrogen) atoms. The quantitative estimate of drug-likeness (QED) is 0.707. The third kappa shape index (κ3) is 1.52. The zero-order valence-electron chi connectivity index (χ0n) is 6.81. The Bertz CT molecular complexity index is 299. The summed E-state index contributed by atoms with van der Waals surface area (Å²) >= 11 is 0. The van der Waals surface area contributed by atoms with Gasteiger partial charge >= 0.3 is 0 Å². The fourth-order valence-electron chi connectivity index (χ4n) is 0.870. The molecular formula is C8H9F2NO. The van der Waals surface area contributed by atoms with Crippen LogP contribution in [0.25, 0.3) is 0 Å². The van der Waals surface area contributed by atoms with Gasteiger partial charge in [-0.15, -0.1) is 0 Å². The van der Waals surface area contributed by atoms with Gasteiger partial charge in [0.2, 0.25) is 0 Å². The van der Waals surface area contributed by atoms with Gasteiger partial charge in [-0.05, 0) is 25.5 Å². The maximum Gasteiger partial charge on any atom is 0.284 e. The molecule has 0 aromatic carbocycles. The van der Waals surface area contributed by atoms with Gasteiger partial charge in [-0.2, -0.15) is 0 Å². The molecule has 0 fully saturated rings. The van der Waals surface area contributed by atoms with E-state index in [1.807, 2.05) is 0 Å². The summed E-state index contributed by atoms with van der Waals surface area (Å²) in [5, 5.41) is 9.04. The van der Waals surface area contributed by atoms with Crippen molar-refractivity contribution in [1.82, 2.24) is 4.98 Å². The van der Waals surface area contributed by atoms with Gasteiger partial charge in [0.1, 0.15) is 11.4 Å². The minimum atomic E-state index is -2.72. The lowest BCUT2D eigenvalue weighted by atomic mass is 10.2. The number of rotatable bonds is 1. The topological polar surface area (TPSA) is 33.1 Å². The van der Waals surface area contributed by atoms with Gasteiger partial charge in [-0.25, -0.2) is 13.8 Å². The van der Waals surface area contributed by atoms with Crippen LogP contribution in [0.1, 0.15) is 23.4 Å². The smallest absolute Gasteiger partial charge is 0.284 e. The van der Waals surface area contributed by atoms with Crippen LogP contribution < -0.4 is 0 Å². The molecule has 0 saturated carbocycles. The highest BCUT2D eigenvalue weighted by molar-refractivity contribution is 5.33. The van der Waals surface area contributed by atoms with Crippen molar-refractivity contribution in [3.8, 4) is 5.75 Å². The molecule has 1 N–H and O–H groups in total. The maximum absolute atomic E-state index is 12.1. The summed E-state index contributed by atoms with van der Waals surface area (Å²) in [6.45, 7) is 3.33. The summed E-state index contributed by atoms with van der Waals surface area (Å²) in [6.07, 6.45) is -2.72. The van der Waals surface area contributed by atoms with E-state index in [0.29, 0.717) is 11.3 Å². The third-order valence-electron chi connectivity index (χ3n) is 1.68. The van der Waals surface area contributed by atoms with Crippen molar-refractivity contribution < 1.29 is 13.9 Å². The van der Waals surface area contributed by atoms with Crippen LogP contribution >= 0.6 is 0 Å². The molecular weight excluding hydrogens is 164 g/mol. The number of aromatic nitrogens is 1. The highest BCUT2D eigenvalue weighted by Crippen LogP contribution is 2.27. The Balaban J connectivity index is 3.23. The zero-order valence-corrected chi connectivity index (χ0v) is 6.81. The first-order valence-corrected chi connectivity index (χ1v) is 3.47. The normalized spacial score (nSPS) is 10.8. The number of pyridine rings is 1. The maximum atomic E-state index is 12.1. The molecule has 0 unspecified atom stereocenters. The van der Waals surface area contributed by atoms with Gasteiger partial charge in [0.05, 0.1) is 0 Å². The van der Waals surface area contributed by atoms with E-state index >= 15 is 0 Å². The molecule has 66 valence electrons. The van der Waals surface area contributed by atoms with Crippen molar-refractivity contribution >= 4 is 0 Å². The van der Waals surface area contributed by atoms with Crippen molar-refractivity contribution in [2.75, 3.05) is 0 Å². The van der Waals surface area contributed by atoms with Crippen LogP contribution in [0.4, 0.5) is 8.78 Å². The lowest BCUT2D eigenvalue weighted by Gasteiger charge is -2.05. The predicted octanol–water partition coefficient (Wildman–Crippen LogP) is 2.34. The summed E-state index contributed by atoms with van der Waals surface area (Å²) in [7, 11) is 0. The van der Waals surface area contributed by atoms with Crippen LogP contribution in [-0.4, -0.2) is 10.1 Å². The Morgan fingerprint density at radius 3 is 2.50 bits per heavy atom. The van der Waals surface area contributed by atoms with Crippen LogP contribution in [-0.2, 0) is 0 Å². The van der Waals surface area contributed by atoms with Crippen molar-refractivity contribution in [1.29, 1.82) is 0 Å². The molecule has 4 heteroatoms. The highest BCUT2D eigenvalue weighted by atomic mass is 19.3. The predicted molar refractivity (Wildman–Crippen MR) is 40.3 cm³/mol. The van der Waals surface area contributed by atoms with Crippen molar-refractivity contribution in [2.45, 2.75) is 20.3 Å². The number of halogens is 2. The van der Waals surface area contributed by atoms with Gasteiger partial charge in [0.15, 0.2) is 0 Å². The van der Waals surface area contributed by atoms with E-state index in [0.717, 1.165) is 0 Å². The molecule has 0 aliphatic heterocycles. The molecule has 0 amide bonds. The molecule has 0 saturated heterocycles. The summed E-state index contributed by atoms with van der Waals surface area (Å²) in [6, 6.07) is 1.30. The lowest BCUT2D eigenvalue weighted by Crippen LogP contribution is -1.95. The summed E-state index contributed by atoms with van der Waals surface area (Å²) in [5.74, 6) is -0.437. The largest absolute Gasteiger partial charge is 0.506 e. The second kappa shape index (κ2) is 3.05. The van der Waals surface area contributed by atoms with Gasteiger partial charge in [0, 0.05) is 5.69 Å². The van der Waals surface area contributed by atoms with Crippen LogP contribution in [0.5, 0.6) is 5.75 Å². The third-order valence-corrected chi connectivity index (χ3v) is 1.68. The Morgan fingerprint density at radius 2 is 2.00 bits per heavy atom. The van der Waals surface area contributed by atoms with Gasteiger partial charge in [-0.3, -0.25) is 0 Å². The first-order valence-electron chi connectivity index (χ1n) is 3.47. The van der Waals surface area contributed by atoms with E-state index < -0.39 is 17.9 Å². The van der Waals surface area contributed by atoms with Crippen LogP contribution in [0.15, 0.2) is 6.07 Å². The van der Waals surface area contributed by atoms with E-state index in [-0.39, 0.29) is 0 Å². The standard InChI is InChI=1S/C8H9F2NO/c1-4-3-6(12)7(8(9)10)11-5(4)2/h3,8,12H,1-2H3. The Morgan fingerprint density at radius 1 is 1.42 bits per heavy atom. The molecule has 0 aliphatic carbocycles. The molecule has 0 atom stereocenters. The van der Waals surface area contributed by atoms with Crippen LogP contribution in [0.2, 0.25) is 0 Å². The molecule has 2 nitrogen and oxygen atoms in total. The van der Waals surface area contributed by atoms with E-state index in [1.165, 1.54) is 6.07 Å². The number of aromatic hydroxyl groups is 1. The number of hydrogen-bond acceptors (Lipinski definition) is 2. The van der Waals surface area contributed by atoms with Gasteiger partial charge in [-0.1, -0.05) is 0 Å². The minimum absolute atomic E-state index is 0.437. The first-order chi connectivity index (χ1) is 5.52. The summed E-state index contributed by atoms with van der Waals surface area (Å²) < 4.78 is 24.2. The second-order valence-corrected chi connectivity index (χ2v) is 2.60. The minimum Gasteiger partial charge on any atom is -0.506 e.